The number of hydrogen-bond acceptors (Lipinski definition) is 4. The number of nitrogens with zero attached hydrogens (tertiary/aromatic N) is 5. The smallest absolute Gasteiger partial charge is 0.238 e. The van der Waals surface area contributed by atoms with E-state index in [1.807, 2.05) is 17.4 Å². The molecule has 0 saturated heterocycles. The van der Waals surface area contributed by atoms with Crippen LogP contribution in [0.5, 0.6) is 0 Å². The molecule has 8 aromatic carbocycles. The number of para-hydroxylation sites is 2. The second kappa shape index (κ2) is 14.0. The van der Waals surface area contributed by atoms with Gasteiger partial charge < -0.3 is 4.57 Å². The lowest BCUT2D eigenvalue weighted by Crippen LogP contribution is -2.33. The molecule has 0 amide bonds. The molecule has 12 aromatic rings. The highest BCUT2D eigenvalue weighted by Gasteiger charge is 2.38. The van der Waals surface area contributed by atoms with E-state index in [1.165, 1.54) is 69.4 Å². The van der Waals surface area contributed by atoms with Gasteiger partial charge in [-0.05, 0) is 107 Å². The fourth-order valence-corrected chi connectivity index (χ4v) is 11.7. The van der Waals surface area contributed by atoms with E-state index in [2.05, 4.69) is 207 Å². The number of fused-ring (bicyclic) bond motifs is 10. The summed E-state index contributed by atoms with van der Waals surface area (Å²) in [5.74, 6) is 1.88. The van der Waals surface area contributed by atoms with Crippen LogP contribution in [0.3, 0.4) is 0 Å². The highest BCUT2D eigenvalue weighted by molar-refractivity contribution is 7.25. The fraction of sp³-hybridized carbons (Fsp3) is 0.136. The number of benzene rings is 8. The molecule has 1 aliphatic rings. The summed E-state index contributed by atoms with van der Waals surface area (Å²) >= 11 is 1.85. The SMILES string of the molecule is CC1(C)CCC(C)(C)c2cc3c(cc21)c1cc2c(cc1n3-c1nc(-c3ccccc3)nc(-c3ccc(-c4ccc5sc6ccccc6c5c4)cc3)n1)c1ccccc1n2-c1ccccc1. The third-order valence-electron chi connectivity index (χ3n) is 14.3. The van der Waals surface area contributed by atoms with Crippen LogP contribution in [0.1, 0.15) is 51.7 Å². The first-order valence-corrected chi connectivity index (χ1v) is 23.5. The Labute approximate surface area is 381 Å². The molecule has 0 atom stereocenters. The van der Waals surface area contributed by atoms with Crippen LogP contribution < -0.4 is 0 Å². The van der Waals surface area contributed by atoms with Crippen LogP contribution in [0, 0.1) is 0 Å². The molecule has 0 radical (unpaired) electrons. The fourth-order valence-electron chi connectivity index (χ4n) is 10.6. The van der Waals surface area contributed by atoms with Gasteiger partial charge in [-0.15, -0.1) is 11.3 Å². The Balaban J connectivity index is 1.07. The van der Waals surface area contributed by atoms with Crippen LogP contribution in [0.4, 0.5) is 0 Å². The summed E-state index contributed by atoms with van der Waals surface area (Å²) in [4.78, 5) is 16.1. The Morgan fingerprint density at radius 1 is 0.385 bits per heavy atom. The van der Waals surface area contributed by atoms with Crippen molar-refractivity contribution in [2.45, 2.75) is 51.4 Å². The van der Waals surface area contributed by atoms with Gasteiger partial charge in [-0.2, -0.15) is 9.97 Å². The third-order valence-corrected chi connectivity index (χ3v) is 15.4. The van der Waals surface area contributed by atoms with E-state index in [1.54, 1.807) is 0 Å². The zero-order chi connectivity index (χ0) is 43.6. The molecule has 0 saturated carbocycles. The highest BCUT2D eigenvalue weighted by atomic mass is 32.1. The lowest BCUT2D eigenvalue weighted by molar-refractivity contribution is 0.332. The Kier molecular flexibility index (Phi) is 8.23. The van der Waals surface area contributed by atoms with Gasteiger partial charge in [0.05, 0.1) is 22.1 Å². The normalized spacial score (nSPS) is 14.6. The molecule has 0 spiro atoms. The largest absolute Gasteiger partial charge is 0.309 e. The van der Waals surface area contributed by atoms with Crippen LogP contribution >= 0.6 is 11.3 Å². The van der Waals surface area contributed by atoms with Crippen LogP contribution in [0.15, 0.2) is 176 Å². The average molecular weight is 856 g/mol. The predicted octanol–water partition coefficient (Wildman–Crippen LogP) is 15.8. The molecule has 1 aliphatic carbocycles. The Morgan fingerprint density at radius 3 is 1.65 bits per heavy atom. The minimum absolute atomic E-state index is 0.00734. The molecule has 5 nitrogen and oxygen atoms in total. The summed E-state index contributed by atoms with van der Waals surface area (Å²) in [5, 5.41) is 7.38. The number of rotatable bonds is 5. The Hall–Kier alpha value is -7.41. The molecular weight excluding hydrogens is 811 g/mol. The van der Waals surface area contributed by atoms with Crippen LogP contribution in [0.25, 0.3) is 109 Å². The topological polar surface area (TPSA) is 48.5 Å². The molecule has 0 N–H and O–H groups in total. The zero-order valence-electron chi connectivity index (χ0n) is 36.8. The van der Waals surface area contributed by atoms with E-state index in [0.29, 0.717) is 17.6 Å². The van der Waals surface area contributed by atoms with Crippen molar-refractivity contribution < 1.29 is 0 Å². The van der Waals surface area contributed by atoms with Crippen molar-refractivity contribution >= 4 is 75.1 Å². The second-order valence-corrected chi connectivity index (χ2v) is 20.2. The first-order valence-electron chi connectivity index (χ1n) is 22.6. The lowest BCUT2D eigenvalue weighted by Gasteiger charge is -2.42. The number of aromatic nitrogens is 5. The van der Waals surface area contributed by atoms with E-state index in [-0.39, 0.29) is 10.8 Å². The average Bonchev–Trinajstić information content (AvgIpc) is 3.99. The summed E-state index contributed by atoms with van der Waals surface area (Å²) < 4.78 is 7.35. The monoisotopic (exact) mass is 855 g/mol. The van der Waals surface area contributed by atoms with Crippen LogP contribution in [-0.2, 0) is 10.8 Å². The van der Waals surface area contributed by atoms with E-state index in [9.17, 15) is 0 Å². The third kappa shape index (κ3) is 5.93. The lowest BCUT2D eigenvalue weighted by atomic mass is 9.63. The molecule has 13 rings (SSSR count). The van der Waals surface area contributed by atoms with Crippen LogP contribution in [0.2, 0.25) is 0 Å². The minimum atomic E-state index is 0.00734. The Morgan fingerprint density at radius 2 is 0.908 bits per heavy atom. The van der Waals surface area contributed by atoms with Crippen molar-refractivity contribution in [1.29, 1.82) is 0 Å². The zero-order valence-corrected chi connectivity index (χ0v) is 37.6. The first-order chi connectivity index (χ1) is 31.7. The van der Waals surface area contributed by atoms with Crippen molar-refractivity contribution in [3.05, 3.63) is 187 Å². The van der Waals surface area contributed by atoms with Crippen molar-refractivity contribution in [1.82, 2.24) is 24.1 Å². The molecule has 4 heterocycles. The van der Waals surface area contributed by atoms with E-state index in [0.717, 1.165) is 46.3 Å². The minimum Gasteiger partial charge on any atom is -0.309 e. The van der Waals surface area contributed by atoms with Gasteiger partial charge in [0.25, 0.3) is 0 Å². The first kappa shape index (κ1) is 38.1. The summed E-state index contributed by atoms with van der Waals surface area (Å²) in [6, 6.07) is 63.8. The van der Waals surface area contributed by atoms with Gasteiger partial charge in [0.1, 0.15) is 0 Å². The van der Waals surface area contributed by atoms with E-state index < -0.39 is 0 Å². The molecule has 0 fully saturated rings. The molecule has 65 heavy (non-hydrogen) atoms. The van der Waals surface area contributed by atoms with Crippen molar-refractivity contribution in [2.75, 3.05) is 0 Å². The van der Waals surface area contributed by atoms with Gasteiger partial charge in [-0.1, -0.05) is 143 Å². The predicted molar refractivity (Wildman–Crippen MR) is 273 cm³/mol. The summed E-state index contributed by atoms with van der Waals surface area (Å²) in [5.41, 5.74) is 12.8. The Bertz CT molecular complexity index is 3870. The molecule has 312 valence electrons. The second-order valence-electron chi connectivity index (χ2n) is 19.1. The molecule has 4 aromatic heterocycles. The molecule has 0 unspecified atom stereocenters. The number of hydrogen-bond donors (Lipinski definition) is 0. The van der Waals surface area contributed by atoms with Gasteiger partial charge in [0, 0.05) is 58.5 Å². The maximum absolute atomic E-state index is 5.45. The van der Waals surface area contributed by atoms with Crippen molar-refractivity contribution in [2.24, 2.45) is 0 Å². The van der Waals surface area contributed by atoms with Crippen molar-refractivity contribution in [3.8, 4) is 45.5 Å². The van der Waals surface area contributed by atoms with Gasteiger partial charge in [-0.3, -0.25) is 4.57 Å². The van der Waals surface area contributed by atoms with E-state index >= 15 is 0 Å². The summed E-state index contributed by atoms with van der Waals surface area (Å²) in [7, 11) is 0. The quantitative estimate of drug-likeness (QED) is 0.173. The molecule has 0 aliphatic heterocycles. The van der Waals surface area contributed by atoms with Crippen LogP contribution in [-0.4, -0.2) is 24.1 Å². The van der Waals surface area contributed by atoms with E-state index in [4.69, 9.17) is 15.0 Å². The standard InChI is InChI=1S/C59H45N5S/c1-58(2)29-30-59(3,4)48-35-52-43(32-47(48)58)45-34-50-44(41-19-11-13-21-49(41)63(50)40-17-9-6-10-18-40)33-51(45)64(52)57-61-55(37-15-7-5-8-16-37)60-56(62-57)38-25-23-36(24-26-38)39-27-28-54-46(31-39)42-20-12-14-22-53(42)65-54/h5-28,31-35H,29-30H2,1-4H3. The summed E-state index contributed by atoms with van der Waals surface area (Å²) in [6.45, 7) is 9.63. The molecular formula is C59H45N5S. The van der Waals surface area contributed by atoms with Gasteiger partial charge in [0.2, 0.25) is 5.95 Å². The molecule has 0 bridgehead atoms. The maximum atomic E-state index is 5.45. The highest BCUT2D eigenvalue weighted by Crippen LogP contribution is 2.49. The van der Waals surface area contributed by atoms with Gasteiger partial charge in [-0.25, -0.2) is 4.98 Å². The van der Waals surface area contributed by atoms with Gasteiger partial charge in [0.15, 0.2) is 11.6 Å². The number of thiophene rings is 1. The maximum Gasteiger partial charge on any atom is 0.238 e. The molecule has 6 heteroatoms. The van der Waals surface area contributed by atoms with Gasteiger partial charge >= 0.3 is 0 Å². The van der Waals surface area contributed by atoms with Crippen molar-refractivity contribution in [3.63, 3.8) is 0 Å². The summed E-state index contributed by atoms with van der Waals surface area (Å²) in [6.07, 6.45) is 2.26.